The van der Waals surface area contributed by atoms with Gasteiger partial charge in [0.25, 0.3) is 0 Å². The van der Waals surface area contributed by atoms with Gasteiger partial charge < -0.3 is 15.4 Å². The number of aliphatic imine (C=N–C) groups is 1. The van der Waals surface area contributed by atoms with Crippen molar-refractivity contribution in [1.29, 1.82) is 0 Å². The zero-order valence-electron chi connectivity index (χ0n) is 15.7. The van der Waals surface area contributed by atoms with Crippen molar-refractivity contribution in [3.05, 3.63) is 45.4 Å². The highest BCUT2D eigenvalue weighted by Crippen LogP contribution is 2.19. The van der Waals surface area contributed by atoms with Crippen LogP contribution in [0.25, 0.3) is 0 Å². The molecular weight excluding hydrogens is 332 g/mol. The molecule has 0 radical (unpaired) electrons. The van der Waals surface area contributed by atoms with Crippen LogP contribution in [0.1, 0.15) is 35.0 Å². The normalized spacial score (nSPS) is 11.7. The second kappa shape index (κ2) is 9.42. The van der Waals surface area contributed by atoms with E-state index in [9.17, 15) is 0 Å². The van der Waals surface area contributed by atoms with Crippen molar-refractivity contribution in [2.45, 2.75) is 40.8 Å². The average molecular weight is 361 g/mol. The van der Waals surface area contributed by atoms with Crippen molar-refractivity contribution in [2.75, 3.05) is 13.7 Å². The van der Waals surface area contributed by atoms with Crippen LogP contribution in [0.15, 0.2) is 29.3 Å². The summed E-state index contributed by atoms with van der Waals surface area (Å²) >= 11 is 1.72. The fourth-order valence-electron chi connectivity index (χ4n) is 2.35. The highest BCUT2D eigenvalue weighted by atomic mass is 32.1. The molecule has 2 aromatic rings. The number of guanidine groups is 1. The van der Waals surface area contributed by atoms with E-state index in [0.717, 1.165) is 34.5 Å². The van der Waals surface area contributed by atoms with E-state index in [2.05, 4.69) is 40.5 Å². The maximum absolute atomic E-state index is 5.91. The number of aryl methyl sites for hydroxylation is 2. The summed E-state index contributed by atoms with van der Waals surface area (Å²) in [7, 11) is 1.78. The van der Waals surface area contributed by atoms with Gasteiger partial charge in [-0.05, 0) is 25.8 Å². The number of nitrogens with one attached hydrogen (secondary N) is 2. The monoisotopic (exact) mass is 360 g/mol. The number of nitrogens with zero attached hydrogens (tertiary/aromatic N) is 2. The molecule has 0 fully saturated rings. The van der Waals surface area contributed by atoms with Gasteiger partial charge in [0.2, 0.25) is 0 Å². The molecule has 0 bridgehead atoms. The summed E-state index contributed by atoms with van der Waals surface area (Å²) in [6.07, 6.45) is 0. The Morgan fingerprint density at radius 2 is 1.92 bits per heavy atom. The standard InChI is InChI=1S/C19H28N4OS/c1-13(2)12-24-17-9-7-6-8-16(17)10-21-19(20-5)22-11-18-14(3)23-15(4)25-18/h6-9,13H,10-12H2,1-5H3,(H2,20,21,22). The van der Waals surface area contributed by atoms with E-state index in [-0.39, 0.29) is 0 Å². The number of aromatic nitrogens is 1. The third-order valence-corrected chi connectivity index (χ3v) is 4.70. The van der Waals surface area contributed by atoms with Gasteiger partial charge in [-0.3, -0.25) is 4.99 Å². The van der Waals surface area contributed by atoms with E-state index in [4.69, 9.17) is 4.74 Å². The van der Waals surface area contributed by atoms with Crippen LogP contribution in [0.5, 0.6) is 5.75 Å². The van der Waals surface area contributed by atoms with E-state index in [1.54, 1.807) is 18.4 Å². The predicted octanol–water partition coefficient (Wildman–Crippen LogP) is 3.66. The van der Waals surface area contributed by atoms with E-state index < -0.39 is 0 Å². The van der Waals surface area contributed by atoms with Crippen molar-refractivity contribution in [2.24, 2.45) is 10.9 Å². The van der Waals surface area contributed by atoms with Crippen molar-refractivity contribution >= 4 is 17.3 Å². The molecule has 0 amide bonds. The summed E-state index contributed by atoms with van der Waals surface area (Å²) in [6.45, 7) is 10.5. The van der Waals surface area contributed by atoms with Crippen molar-refractivity contribution in [3.63, 3.8) is 0 Å². The van der Waals surface area contributed by atoms with Crippen LogP contribution >= 0.6 is 11.3 Å². The number of thiazole rings is 1. The van der Waals surface area contributed by atoms with Crippen LogP contribution in [0.2, 0.25) is 0 Å². The molecule has 0 aliphatic carbocycles. The summed E-state index contributed by atoms with van der Waals surface area (Å²) < 4.78 is 5.91. The number of hydrogen-bond acceptors (Lipinski definition) is 4. The van der Waals surface area contributed by atoms with Crippen LogP contribution < -0.4 is 15.4 Å². The molecule has 1 aromatic carbocycles. The second-order valence-electron chi connectivity index (χ2n) is 6.33. The van der Waals surface area contributed by atoms with Crippen LogP contribution in [0, 0.1) is 19.8 Å². The van der Waals surface area contributed by atoms with Crippen molar-refractivity contribution in [3.8, 4) is 5.75 Å². The molecule has 6 heteroatoms. The topological polar surface area (TPSA) is 58.5 Å². The maximum atomic E-state index is 5.91. The Balaban J connectivity index is 1.91. The molecule has 2 N–H and O–H groups in total. The lowest BCUT2D eigenvalue weighted by Gasteiger charge is -2.15. The van der Waals surface area contributed by atoms with Gasteiger partial charge in [-0.25, -0.2) is 4.98 Å². The number of hydrogen-bond donors (Lipinski definition) is 2. The minimum atomic E-state index is 0.501. The summed E-state index contributed by atoms with van der Waals surface area (Å²) in [5.74, 6) is 2.19. The van der Waals surface area contributed by atoms with Crippen LogP contribution in [-0.4, -0.2) is 24.6 Å². The second-order valence-corrected chi connectivity index (χ2v) is 7.62. The van der Waals surface area contributed by atoms with E-state index in [1.165, 1.54) is 4.88 Å². The molecule has 2 rings (SSSR count). The van der Waals surface area contributed by atoms with Gasteiger partial charge in [0.05, 0.1) is 23.9 Å². The fraction of sp³-hybridized carbons (Fsp3) is 0.474. The highest BCUT2D eigenvalue weighted by molar-refractivity contribution is 7.11. The first-order valence-electron chi connectivity index (χ1n) is 8.57. The zero-order chi connectivity index (χ0) is 18.2. The molecule has 1 aromatic heterocycles. The van der Waals surface area contributed by atoms with Gasteiger partial charge >= 0.3 is 0 Å². The first kappa shape index (κ1) is 19.2. The summed E-state index contributed by atoms with van der Waals surface area (Å²) in [4.78, 5) is 9.99. The Morgan fingerprint density at radius 1 is 1.20 bits per heavy atom. The Hall–Kier alpha value is -2.08. The molecule has 0 aliphatic rings. The van der Waals surface area contributed by atoms with Gasteiger partial charge in [0, 0.05) is 24.0 Å². The first-order valence-corrected chi connectivity index (χ1v) is 9.39. The number of para-hydroxylation sites is 1. The van der Waals surface area contributed by atoms with Crippen molar-refractivity contribution < 1.29 is 4.74 Å². The van der Waals surface area contributed by atoms with Gasteiger partial charge in [-0.15, -0.1) is 11.3 Å². The number of rotatable bonds is 7. The smallest absolute Gasteiger partial charge is 0.191 e. The predicted molar refractivity (Wildman–Crippen MR) is 105 cm³/mol. The number of ether oxygens (including phenoxy) is 1. The minimum Gasteiger partial charge on any atom is -0.493 e. The highest BCUT2D eigenvalue weighted by Gasteiger charge is 2.08. The molecule has 0 spiro atoms. The lowest BCUT2D eigenvalue weighted by Crippen LogP contribution is -2.36. The molecule has 25 heavy (non-hydrogen) atoms. The van der Waals surface area contributed by atoms with Gasteiger partial charge in [-0.2, -0.15) is 0 Å². The minimum absolute atomic E-state index is 0.501. The Bertz CT molecular complexity index is 709. The molecule has 5 nitrogen and oxygen atoms in total. The largest absolute Gasteiger partial charge is 0.493 e. The van der Waals surface area contributed by atoms with Crippen LogP contribution in [0.3, 0.4) is 0 Å². The Morgan fingerprint density at radius 3 is 2.56 bits per heavy atom. The summed E-state index contributed by atoms with van der Waals surface area (Å²) in [5, 5.41) is 7.79. The van der Waals surface area contributed by atoms with Gasteiger partial charge in [0.1, 0.15) is 5.75 Å². The Kier molecular flexibility index (Phi) is 7.25. The quantitative estimate of drug-likeness (QED) is 0.584. The molecule has 0 unspecified atom stereocenters. The summed E-state index contributed by atoms with van der Waals surface area (Å²) in [5.41, 5.74) is 2.20. The average Bonchev–Trinajstić information content (AvgIpc) is 2.91. The molecule has 1 heterocycles. The zero-order valence-corrected chi connectivity index (χ0v) is 16.5. The van der Waals surface area contributed by atoms with E-state index in [0.29, 0.717) is 19.1 Å². The molecule has 0 aliphatic heterocycles. The van der Waals surface area contributed by atoms with E-state index in [1.807, 2.05) is 32.0 Å². The summed E-state index contributed by atoms with van der Waals surface area (Å²) in [6, 6.07) is 8.12. The third kappa shape index (κ3) is 6.05. The SMILES string of the molecule is CN=C(NCc1ccccc1OCC(C)C)NCc1sc(C)nc1C. The third-order valence-electron chi connectivity index (χ3n) is 3.63. The lowest BCUT2D eigenvalue weighted by molar-refractivity contribution is 0.268. The van der Waals surface area contributed by atoms with Crippen molar-refractivity contribution in [1.82, 2.24) is 15.6 Å². The van der Waals surface area contributed by atoms with E-state index >= 15 is 0 Å². The maximum Gasteiger partial charge on any atom is 0.191 e. The first-order chi connectivity index (χ1) is 12.0. The molecular formula is C19H28N4OS. The van der Waals surface area contributed by atoms with Crippen LogP contribution in [0.4, 0.5) is 0 Å². The molecule has 136 valence electrons. The molecule has 0 atom stereocenters. The molecule has 0 saturated heterocycles. The van der Waals surface area contributed by atoms with Crippen LogP contribution in [-0.2, 0) is 13.1 Å². The Labute approximate surface area is 154 Å². The fourth-order valence-corrected chi connectivity index (χ4v) is 3.23. The van der Waals surface area contributed by atoms with Gasteiger partial charge in [-0.1, -0.05) is 32.0 Å². The van der Waals surface area contributed by atoms with Gasteiger partial charge in [0.15, 0.2) is 5.96 Å². The molecule has 0 saturated carbocycles. The number of benzene rings is 1. The lowest BCUT2D eigenvalue weighted by atomic mass is 10.2.